The van der Waals surface area contributed by atoms with Crippen LogP contribution < -0.4 is 0 Å². The molecule has 0 aliphatic carbocycles. The minimum atomic E-state index is 1.33. The van der Waals surface area contributed by atoms with Gasteiger partial charge in [-0.25, -0.2) is 0 Å². The molecule has 0 aromatic carbocycles. The second-order valence-electron chi connectivity index (χ2n) is 6.33. The van der Waals surface area contributed by atoms with E-state index in [1.807, 2.05) is 0 Å². The van der Waals surface area contributed by atoms with Crippen LogP contribution in [0.1, 0.15) is 117 Å². The van der Waals surface area contributed by atoms with Gasteiger partial charge in [0.05, 0.1) is 0 Å². The number of unbranched alkanes of at least 4 members (excludes halogenated alkanes) is 10. The van der Waals surface area contributed by atoms with Gasteiger partial charge in [-0.1, -0.05) is 90.2 Å². The molecule has 0 N–H and O–H groups in total. The molecule has 120 valence electrons. The smallest absolute Gasteiger partial charge is 0.0320 e. The van der Waals surface area contributed by atoms with Crippen LogP contribution >= 0.6 is 0 Å². The van der Waals surface area contributed by atoms with Gasteiger partial charge in [0.1, 0.15) is 0 Å². The Bertz CT molecular complexity index is 202. The summed E-state index contributed by atoms with van der Waals surface area (Å²) >= 11 is 0. The first kappa shape index (κ1) is 19.7. The highest BCUT2D eigenvalue weighted by molar-refractivity contribution is 5.01. The number of hydrogen-bond acceptors (Lipinski definition) is 0. The van der Waals surface area contributed by atoms with Gasteiger partial charge in [-0.3, -0.25) is 0 Å². The minimum Gasteiger partial charge on any atom is -0.0853 e. The highest BCUT2D eigenvalue weighted by Gasteiger charge is 1.98. The molecule has 0 fully saturated rings. The summed E-state index contributed by atoms with van der Waals surface area (Å²) in [6, 6.07) is 0. The third-order valence-electron chi connectivity index (χ3n) is 4.19. The molecule has 0 aromatic rings. The summed E-state index contributed by atoms with van der Waals surface area (Å²) in [4.78, 5) is 0. The molecule has 0 radical (unpaired) electrons. The van der Waals surface area contributed by atoms with Crippen molar-refractivity contribution >= 4 is 0 Å². The van der Waals surface area contributed by atoms with Gasteiger partial charge in [-0.05, 0) is 38.5 Å². The molecule has 0 aliphatic heterocycles. The van der Waals surface area contributed by atoms with Crippen LogP contribution in [0.5, 0.6) is 0 Å². The van der Waals surface area contributed by atoms with E-state index in [0.717, 1.165) is 0 Å². The fourth-order valence-corrected chi connectivity index (χ4v) is 2.74. The normalized spacial score (nSPS) is 12.1. The maximum Gasteiger partial charge on any atom is -0.0320 e. The van der Waals surface area contributed by atoms with Gasteiger partial charge >= 0.3 is 0 Å². The molecule has 0 spiro atoms. The third kappa shape index (κ3) is 14.2. The topological polar surface area (TPSA) is 0 Å². The first-order valence-electron chi connectivity index (χ1n) is 9.53. The van der Waals surface area contributed by atoms with E-state index >= 15 is 0 Å². The molecular formula is C20H40. The average molecular weight is 281 g/mol. The zero-order valence-electron chi connectivity index (χ0n) is 14.7. The Morgan fingerprint density at radius 2 is 1.05 bits per heavy atom. The molecule has 0 heteroatoms. The Labute approximate surface area is 129 Å². The highest BCUT2D eigenvalue weighted by atomic mass is 14.0. The van der Waals surface area contributed by atoms with Gasteiger partial charge in [0, 0.05) is 0 Å². The van der Waals surface area contributed by atoms with Gasteiger partial charge in [-0.15, -0.1) is 0 Å². The lowest BCUT2D eigenvalue weighted by Gasteiger charge is -2.07. The summed E-state index contributed by atoms with van der Waals surface area (Å²) in [7, 11) is 0. The Morgan fingerprint density at radius 1 is 0.550 bits per heavy atom. The Morgan fingerprint density at radius 3 is 1.70 bits per heavy atom. The third-order valence-corrected chi connectivity index (χ3v) is 4.19. The number of hydrogen-bond donors (Lipinski definition) is 0. The fourth-order valence-electron chi connectivity index (χ4n) is 2.74. The standard InChI is InChI=1S/C20H40/c1-4-7-10-12-13-14-16-19-20(17-9-6-3)18-15-11-8-5-2/h19H,4-18H2,1-3H3/b20-19+. The van der Waals surface area contributed by atoms with Crippen molar-refractivity contribution in [1.29, 1.82) is 0 Å². The van der Waals surface area contributed by atoms with E-state index in [9.17, 15) is 0 Å². The lowest BCUT2D eigenvalue weighted by Crippen LogP contribution is -1.87. The van der Waals surface area contributed by atoms with E-state index in [-0.39, 0.29) is 0 Å². The quantitative estimate of drug-likeness (QED) is 0.212. The molecule has 0 nitrogen and oxygen atoms in total. The first-order chi connectivity index (χ1) is 9.85. The van der Waals surface area contributed by atoms with E-state index in [1.165, 1.54) is 96.3 Å². The predicted octanol–water partition coefficient (Wildman–Crippen LogP) is 7.82. The first-order valence-corrected chi connectivity index (χ1v) is 9.53. The summed E-state index contributed by atoms with van der Waals surface area (Å²) in [5, 5.41) is 0. The molecule has 0 rings (SSSR count). The Balaban J connectivity index is 3.72. The molecule has 20 heavy (non-hydrogen) atoms. The van der Waals surface area contributed by atoms with E-state index in [1.54, 1.807) is 5.57 Å². The largest absolute Gasteiger partial charge is 0.0853 e. The summed E-state index contributed by atoms with van der Waals surface area (Å²) in [6.07, 6.45) is 23.5. The van der Waals surface area contributed by atoms with Gasteiger partial charge < -0.3 is 0 Å². The lowest BCUT2D eigenvalue weighted by molar-refractivity contribution is 0.607. The van der Waals surface area contributed by atoms with Crippen molar-refractivity contribution in [3.05, 3.63) is 11.6 Å². The van der Waals surface area contributed by atoms with Crippen LogP contribution in [0.4, 0.5) is 0 Å². The van der Waals surface area contributed by atoms with Gasteiger partial charge in [0.25, 0.3) is 0 Å². The minimum absolute atomic E-state index is 1.33. The second kappa shape index (κ2) is 16.8. The molecule has 0 saturated heterocycles. The molecule has 0 amide bonds. The Kier molecular flexibility index (Phi) is 16.6. The van der Waals surface area contributed by atoms with E-state index in [0.29, 0.717) is 0 Å². The summed E-state index contributed by atoms with van der Waals surface area (Å²) in [5.41, 5.74) is 1.76. The van der Waals surface area contributed by atoms with Crippen LogP contribution in [-0.4, -0.2) is 0 Å². The van der Waals surface area contributed by atoms with Crippen molar-refractivity contribution in [2.24, 2.45) is 0 Å². The second-order valence-corrected chi connectivity index (χ2v) is 6.33. The van der Waals surface area contributed by atoms with Crippen LogP contribution in [0.2, 0.25) is 0 Å². The summed E-state index contributed by atoms with van der Waals surface area (Å²) in [6.45, 7) is 6.90. The Hall–Kier alpha value is -0.260. The van der Waals surface area contributed by atoms with Crippen molar-refractivity contribution in [1.82, 2.24) is 0 Å². The van der Waals surface area contributed by atoms with Crippen molar-refractivity contribution in [2.75, 3.05) is 0 Å². The van der Waals surface area contributed by atoms with E-state index < -0.39 is 0 Å². The zero-order chi connectivity index (χ0) is 14.9. The molecule has 0 aliphatic rings. The van der Waals surface area contributed by atoms with Crippen molar-refractivity contribution in [3.63, 3.8) is 0 Å². The zero-order valence-corrected chi connectivity index (χ0v) is 14.7. The van der Waals surface area contributed by atoms with Crippen molar-refractivity contribution in [2.45, 2.75) is 117 Å². The van der Waals surface area contributed by atoms with Gasteiger partial charge in [-0.2, -0.15) is 0 Å². The maximum atomic E-state index is 2.58. The highest BCUT2D eigenvalue weighted by Crippen LogP contribution is 2.18. The molecule has 0 saturated carbocycles. The molecule has 0 heterocycles. The fraction of sp³-hybridized carbons (Fsp3) is 0.900. The van der Waals surface area contributed by atoms with E-state index in [2.05, 4.69) is 26.8 Å². The number of allylic oxidation sites excluding steroid dienone is 2. The maximum absolute atomic E-state index is 2.58. The molecule has 0 aromatic heterocycles. The van der Waals surface area contributed by atoms with Gasteiger partial charge in [0.2, 0.25) is 0 Å². The molecular weight excluding hydrogens is 240 g/mol. The monoisotopic (exact) mass is 280 g/mol. The van der Waals surface area contributed by atoms with Crippen molar-refractivity contribution in [3.8, 4) is 0 Å². The average Bonchev–Trinajstić information content (AvgIpc) is 2.47. The predicted molar refractivity (Wildman–Crippen MR) is 94.4 cm³/mol. The van der Waals surface area contributed by atoms with Gasteiger partial charge in [0.15, 0.2) is 0 Å². The molecule has 0 bridgehead atoms. The SMILES string of the molecule is CCCCCCCC/C=C(\CCCC)CCCCCC. The molecule has 0 atom stereocenters. The van der Waals surface area contributed by atoms with Crippen LogP contribution in [-0.2, 0) is 0 Å². The van der Waals surface area contributed by atoms with Crippen LogP contribution in [0.3, 0.4) is 0 Å². The van der Waals surface area contributed by atoms with Crippen LogP contribution in [0.25, 0.3) is 0 Å². The van der Waals surface area contributed by atoms with E-state index in [4.69, 9.17) is 0 Å². The van der Waals surface area contributed by atoms with Crippen molar-refractivity contribution < 1.29 is 0 Å². The van der Waals surface area contributed by atoms with Crippen LogP contribution in [0.15, 0.2) is 11.6 Å². The molecule has 0 unspecified atom stereocenters. The summed E-state index contributed by atoms with van der Waals surface area (Å²) in [5.74, 6) is 0. The lowest BCUT2D eigenvalue weighted by atomic mass is 9.99. The number of rotatable bonds is 15. The van der Waals surface area contributed by atoms with Crippen LogP contribution in [0, 0.1) is 0 Å². The summed E-state index contributed by atoms with van der Waals surface area (Å²) < 4.78 is 0.